The highest BCUT2D eigenvalue weighted by Crippen LogP contribution is 2.25. The third-order valence-corrected chi connectivity index (χ3v) is 6.34. The third-order valence-electron chi connectivity index (χ3n) is 5.38. The minimum Gasteiger partial charge on any atom is -0.266 e. The maximum Gasteiger partial charge on any atom is 0.291 e. The van der Waals surface area contributed by atoms with Gasteiger partial charge in [-0.25, -0.2) is 9.07 Å². The average Bonchev–Trinajstić information content (AvgIpc) is 3.56. The lowest BCUT2D eigenvalue weighted by Crippen LogP contribution is -2.23. The highest BCUT2D eigenvalue weighted by atomic mass is 32.1. The van der Waals surface area contributed by atoms with Crippen molar-refractivity contribution in [1.29, 1.82) is 0 Å². The maximum absolute atomic E-state index is 13.5. The van der Waals surface area contributed by atoms with Gasteiger partial charge in [0.25, 0.3) is 5.56 Å². The van der Waals surface area contributed by atoms with Crippen LogP contribution in [0.3, 0.4) is 0 Å². The molecule has 0 unspecified atom stereocenters. The predicted octanol–water partition coefficient (Wildman–Crippen LogP) is 4.36. The fourth-order valence-corrected chi connectivity index (χ4v) is 4.62. The molecule has 164 valence electrons. The lowest BCUT2D eigenvalue weighted by atomic mass is 10.1. The van der Waals surface area contributed by atoms with Gasteiger partial charge >= 0.3 is 0 Å². The molecule has 0 saturated carbocycles. The minimum absolute atomic E-state index is 0.243. The van der Waals surface area contributed by atoms with Crippen molar-refractivity contribution >= 4 is 22.4 Å². The van der Waals surface area contributed by atoms with Crippen LogP contribution >= 0.6 is 11.3 Å². The lowest BCUT2D eigenvalue weighted by Gasteiger charge is -2.00. The van der Waals surface area contributed by atoms with Crippen LogP contribution in [0.25, 0.3) is 39.4 Å². The number of benzene rings is 3. The van der Waals surface area contributed by atoms with E-state index in [1.807, 2.05) is 66.9 Å². The molecule has 8 heteroatoms. The Bertz CT molecular complexity index is 1720. The molecule has 0 N–H and O–H groups in total. The molecule has 0 aliphatic rings. The van der Waals surface area contributed by atoms with Crippen molar-refractivity contribution in [2.45, 2.75) is 0 Å². The van der Waals surface area contributed by atoms with Gasteiger partial charge in [0, 0.05) is 22.9 Å². The van der Waals surface area contributed by atoms with Crippen molar-refractivity contribution < 1.29 is 4.39 Å². The zero-order valence-corrected chi connectivity index (χ0v) is 18.5. The van der Waals surface area contributed by atoms with Gasteiger partial charge in [-0.1, -0.05) is 59.9 Å². The van der Waals surface area contributed by atoms with Crippen LogP contribution in [-0.2, 0) is 0 Å². The summed E-state index contributed by atoms with van der Waals surface area (Å²) >= 11 is 1.27. The quantitative estimate of drug-likeness (QED) is 0.388. The van der Waals surface area contributed by atoms with Crippen LogP contribution in [0.2, 0.25) is 0 Å². The Labute approximate surface area is 196 Å². The fraction of sp³-hybridized carbons (Fsp3) is 0. The summed E-state index contributed by atoms with van der Waals surface area (Å²) in [7, 11) is 0. The number of rotatable bonds is 4. The Morgan fingerprint density at radius 2 is 1.53 bits per heavy atom. The Kier molecular flexibility index (Phi) is 4.85. The molecule has 3 aromatic carbocycles. The number of para-hydroxylation sites is 1. The summed E-state index contributed by atoms with van der Waals surface area (Å²) in [5.41, 5.74) is 3.62. The topological polar surface area (TPSA) is 65.1 Å². The highest BCUT2D eigenvalue weighted by Gasteiger charge is 2.15. The first kappa shape index (κ1) is 20.2. The van der Waals surface area contributed by atoms with Gasteiger partial charge in [-0.3, -0.25) is 4.79 Å². The van der Waals surface area contributed by atoms with E-state index < -0.39 is 0 Å². The molecule has 6 aromatic rings. The van der Waals surface area contributed by atoms with Crippen LogP contribution in [0.15, 0.2) is 95.9 Å². The van der Waals surface area contributed by atoms with Crippen LogP contribution in [-0.4, -0.2) is 24.4 Å². The minimum atomic E-state index is -0.321. The van der Waals surface area contributed by atoms with Crippen molar-refractivity contribution in [2.24, 2.45) is 0 Å². The van der Waals surface area contributed by atoms with Crippen LogP contribution in [0.1, 0.15) is 5.56 Å². The molecule has 3 heterocycles. The second kappa shape index (κ2) is 8.17. The largest absolute Gasteiger partial charge is 0.291 e. The van der Waals surface area contributed by atoms with E-state index in [1.165, 1.54) is 28.0 Å². The van der Waals surface area contributed by atoms with Crippen LogP contribution < -0.4 is 10.1 Å². The summed E-state index contributed by atoms with van der Waals surface area (Å²) in [5.74, 6) is 0.192. The van der Waals surface area contributed by atoms with E-state index in [-0.39, 0.29) is 11.4 Å². The van der Waals surface area contributed by atoms with Crippen molar-refractivity contribution in [3.63, 3.8) is 0 Å². The summed E-state index contributed by atoms with van der Waals surface area (Å²) in [6.07, 6.45) is 3.65. The monoisotopic (exact) mass is 465 g/mol. The zero-order chi connectivity index (χ0) is 23.1. The van der Waals surface area contributed by atoms with E-state index in [0.717, 1.165) is 22.4 Å². The van der Waals surface area contributed by atoms with E-state index in [4.69, 9.17) is 5.10 Å². The van der Waals surface area contributed by atoms with Gasteiger partial charge in [-0.05, 0) is 42.5 Å². The number of hydrogen-bond acceptors (Lipinski definition) is 5. The second-order valence-corrected chi connectivity index (χ2v) is 8.64. The molecule has 0 bridgehead atoms. The standard InChI is InChI=1S/C26H16FN5OS/c27-20-13-11-17(12-14-20)23-19(16-31(29-23)21-9-5-2-6-10-21)15-22-25(33)32-26(34-22)28-24(30-32)18-7-3-1-4-8-18/h1-16H/b22-15-. The van der Waals surface area contributed by atoms with Gasteiger partial charge in [0.05, 0.1) is 10.2 Å². The molecule has 0 spiro atoms. The van der Waals surface area contributed by atoms with Gasteiger partial charge < -0.3 is 0 Å². The number of halogens is 1. The molecule has 0 amide bonds. The van der Waals surface area contributed by atoms with Crippen LogP contribution in [0.4, 0.5) is 4.39 Å². The van der Waals surface area contributed by atoms with Gasteiger partial charge in [-0.15, -0.1) is 5.10 Å². The van der Waals surface area contributed by atoms with Crippen LogP contribution in [0.5, 0.6) is 0 Å². The van der Waals surface area contributed by atoms with Crippen molar-refractivity contribution in [3.05, 3.63) is 117 Å². The molecule has 0 saturated heterocycles. The van der Waals surface area contributed by atoms with Gasteiger partial charge in [0.15, 0.2) is 5.82 Å². The second-order valence-electron chi connectivity index (χ2n) is 7.63. The Morgan fingerprint density at radius 1 is 0.824 bits per heavy atom. The Balaban J connectivity index is 1.50. The zero-order valence-electron chi connectivity index (χ0n) is 17.7. The first-order valence-electron chi connectivity index (χ1n) is 10.5. The smallest absolute Gasteiger partial charge is 0.266 e. The Hall–Kier alpha value is -4.43. The molecular formula is C26H16FN5OS. The van der Waals surface area contributed by atoms with E-state index >= 15 is 0 Å². The fourth-order valence-electron chi connectivity index (χ4n) is 3.72. The summed E-state index contributed by atoms with van der Waals surface area (Å²) < 4.78 is 17.1. The predicted molar refractivity (Wildman–Crippen MR) is 130 cm³/mol. The molecule has 0 aliphatic heterocycles. The molecular weight excluding hydrogens is 449 g/mol. The average molecular weight is 466 g/mol. The molecule has 0 radical (unpaired) electrons. The van der Waals surface area contributed by atoms with E-state index in [2.05, 4.69) is 10.1 Å². The van der Waals surface area contributed by atoms with E-state index in [1.54, 1.807) is 22.9 Å². The summed E-state index contributed by atoms with van der Waals surface area (Å²) in [6.45, 7) is 0. The SMILES string of the molecule is O=c1/c(=C/c2cn(-c3ccccc3)nc2-c2ccc(F)cc2)sc2nc(-c3ccccc3)nn12. The van der Waals surface area contributed by atoms with Crippen molar-refractivity contribution in [1.82, 2.24) is 24.4 Å². The molecule has 3 aromatic heterocycles. The molecule has 6 rings (SSSR count). The first-order valence-corrected chi connectivity index (χ1v) is 11.4. The number of thiazole rings is 1. The van der Waals surface area contributed by atoms with Gasteiger partial charge in [-0.2, -0.15) is 14.6 Å². The summed E-state index contributed by atoms with van der Waals surface area (Å²) in [5, 5.41) is 9.14. The highest BCUT2D eigenvalue weighted by molar-refractivity contribution is 7.15. The summed E-state index contributed by atoms with van der Waals surface area (Å²) in [4.78, 5) is 18.2. The summed E-state index contributed by atoms with van der Waals surface area (Å²) in [6, 6.07) is 25.4. The van der Waals surface area contributed by atoms with Crippen molar-refractivity contribution in [3.8, 4) is 28.3 Å². The number of fused-ring (bicyclic) bond motifs is 1. The first-order chi connectivity index (χ1) is 16.7. The number of hydrogen-bond donors (Lipinski definition) is 0. The molecule has 6 nitrogen and oxygen atoms in total. The lowest BCUT2D eigenvalue weighted by molar-refractivity contribution is 0.628. The third kappa shape index (κ3) is 3.60. The van der Waals surface area contributed by atoms with Gasteiger partial charge in [0.2, 0.25) is 4.96 Å². The molecule has 0 fully saturated rings. The number of aromatic nitrogens is 5. The van der Waals surface area contributed by atoms with E-state index in [0.29, 0.717) is 21.0 Å². The van der Waals surface area contributed by atoms with E-state index in [9.17, 15) is 9.18 Å². The molecule has 34 heavy (non-hydrogen) atoms. The normalized spacial score (nSPS) is 12.0. The maximum atomic E-state index is 13.5. The number of nitrogens with zero attached hydrogens (tertiary/aromatic N) is 5. The molecule has 0 aliphatic carbocycles. The van der Waals surface area contributed by atoms with Crippen LogP contribution in [0, 0.1) is 5.82 Å². The molecule has 0 atom stereocenters. The van der Waals surface area contributed by atoms with Gasteiger partial charge in [0.1, 0.15) is 11.5 Å². The Morgan fingerprint density at radius 3 is 2.24 bits per heavy atom. The van der Waals surface area contributed by atoms with Crippen molar-refractivity contribution in [2.75, 3.05) is 0 Å².